The monoisotopic (exact) mass is 296 g/mol. The van der Waals surface area contributed by atoms with E-state index in [0.717, 1.165) is 18.4 Å². The largest absolute Gasteiger partial charge is 0.475 e. The van der Waals surface area contributed by atoms with Crippen LogP contribution in [0.25, 0.3) is 6.08 Å². The molecule has 2 aromatic rings. The Morgan fingerprint density at radius 2 is 1.45 bits per heavy atom. The van der Waals surface area contributed by atoms with Crippen molar-refractivity contribution in [2.75, 3.05) is 0 Å². The maximum Gasteiger partial charge on any atom is 0.371 e. The van der Waals surface area contributed by atoms with Gasteiger partial charge in [-0.25, -0.2) is 4.79 Å². The Morgan fingerprint density at radius 3 is 1.91 bits per heavy atom. The summed E-state index contributed by atoms with van der Waals surface area (Å²) < 4.78 is 5.50. The van der Waals surface area contributed by atoms with E-state index < -0.39 is 5.97 Å². The molecule has 0 aliphatic rings. The van der Waals surface area contributed by atoms with Gasteiger partial charge in [0, 0.05) is 0 Å². The summed E-state index contributed by atoms with van der Waals surface area (Å²) in [5.74, 6) is -0.649. The van der Waals surface area contributed by atoms with E-state index in [1.165, 1.54) is 17.2 Å². The van der Waals surface area contributed by atoms with E-state index in [1.807, 2.05) is 36.4 Å². The second-order valence-corrected chi connectivity index (χ2v) is 5.01. The van der Waals surface area contributed by atoms with Crippen molar-refractivity contribution in [2.24, 2.45) is 0 Å². The molecule has 0 amide bonds. The smallest absolute Gasteiger partial charge is 0.371 e. The lowest BCUT2D eigenvalue weighted by Crippen LogP contribution is -2.07. The fraction of sp³-hybridized carbons (Fsp3) is 0.211. The van der Waals surface area contributed by atoms with E-state index in [1.54, 1.807) is 12.1 Å². The molecule has 0 aliphatic carbocycles. The van der Waals surface area contributed by atoms with Gasteiger partial charge < -0.3 is 9.84 Å². The van der Waals surface area contributed by atoms with E-state index in [4.69, 9.17) is 4.74 Å². The highest BCUT2D eigenvalue weighted by atomic mass is 16.5. The number of hydrogen-bond donors (Lipinski definition) is 1. The van der Waals surface area contributed by atoms with Crippen LogP contribution in [-0.2, 0) is 17.6 Å². The second kappa shape index (κ2) is 7.46. The maximum atomic E-state index is 11.4. The molecule has 0 aliphatic heterocycles. The quantitative estimate of drug-likeness (QED) is 0.638. The molecule has 114 valence electrons. The predicted octanol–water partition coefficient (Wildman–Crippen LogP) is 4.32. The van der Waals surface area contributed by atoms with Gasteiger partial charge in [-0.3, -0.25) is 0 Å². The van der Waals surface area contributed by atoms with Crippen LogP contribution in [0.3, 0.4) is 0 Å². The van der Waals surface area contributed by atoms with Crippen molar-refractivity contribution in [1.29, 1.82) is 0 Å². The third-order valence-corrected chi connectivity index (χ3v) is 3.46. The minimum atomic E-state index is -1.08. The van der Waals surface area contributed by atoms with Gasteiger partial charge in [0.05, 0.1) is 0 Å². The molecule has 22 heavy (non-hydrogen) atoms. The Balaban J connectivity index is 2.20. The molecule has 1 N–H and O–H groups in total. The molecular weight excluding hydrogens is 276 g/mol. The van der Waals surface area contributed by atoms with Gasteiger partial charge in [-0.15, -0.1) is 0 Å². The van der Waals surface area contributed by atoms with Crippen LogP contribution < -0.4 is 4.74 Å². The van der Waals surface area contributed by atoms with Crippen LogP contribution in [0.1, 0.15) is 30.5 Å². The third-order valence-electron chi connectivity index (χ3n) is 3.46. The number of aliphatic carboxylic acids is 1. The molecule has 0 unspecified atom stereocenters. The molecule has 0 spiro atoms. The van der Waals surface area contributed by atoms with Crippen molar-refractivity contribution in [1.82, 2.24) is 0 Å². The van der Waals surface area contributed by atoms with Crippen LogP contribution in [0.5, 0.6) is 5.75 Å². The Bertz CT molecular complexity index is 652. The molecule has 0 bridgehead atoms. The number of aryl methyl sites for hydroxylation is 2. The highest BCUT2D eigenvalue weighted by Crippen LogP contribution is 2.18. The first-order chi connectivity index (χ1) is 10.6. The van der Waals surface area contributed by atoms with Crippen molar-refractivity contribution in [2.45, 2.75) is 26.7 Å². The number of carboxylic acid groups (broad SMARTS) is 1. The Kier molecular flexibility index (Phi) is 5.37. The van der Waals surface area contributed by atoms with Gasteiger partial charge >= 0.3 is 5.97 Å². The van der Waals surface area contributed by atoms with Gasteiger partial charge in [0.15, 0.2) is 0 Å². The summed E-state index contributed by atoms with van der Waals surface area (Å²) in [6.07, 6.45) is 3.43. The molecule has 0 heterocycles. The summed E-state index contributed by atoms with van der Waals surface area (Å²) in [4.78, 5) is 11.4. The first-order valence-electron chi connectivity index (χ1n) is 7.43. The van der Waals surface area contributed by atoms with Crippen molar-refractivity contribution in [3.63, 3.8) is 0 Å². The third kappa shape index (κ3) is 4.22. The van der Waals surface area contributed by atoms with Gasteiger partial charge in [-0.2, -0.15) is 0 Å². The predicted molar refractivity (Wildman–Crippen MR) is 87.9 cm³/mol. The number of ether oxygens (including phenoxy) is 1. The Hall–Kier alpha value is -2.55. The molecule has 2 rings (SSSR count). The van der Waals surface area contributed by atoms with Crippen LogP contribution in [0.4, 0.5) is 0 Å². The summed E-state index contributed by atoms with van der Waals surface area (Å²) in [6, 6.07) is 15.2. The second-order valence-electron chi connectivity index (χ2n) is 5.01. The number of carboxylic acids is 1. The Morgan fingerprint density at radius 1 is 0.955 bits per heavy atom. The molecule has 0 radical (unpaired) electrons. The van der Waals surface area contributed by atoms with Gasteiger partial charge in [0.2, 0.25) is 5.76 Å². The van der Waals surface area contributed by atoms with Crippen LogP contribution >= 0.6 is 0 Å². The topological polar surface area (TPSA) is 46.5 Å². The zero-order valence-electron chi connectivity index (χ0n) is 12.9. The minimum Gasteiger partial charge on any atom is -0.475 e. The first-order valence-corrected chi connectivity index (χ1v) is 7.43. The number of carbonyl (C=O) groups is 1. The summed E-state index contributed by atoms with van der Waals surface area (Å²) >= 11 is 0. The molecule has 0 saturated heterocycles. The molecule has 0 aromatic heterocycles. The summed E-state index contributed by atoms with van der Waals surface area (Å²) in [7, 11) is 0. The van der Waals surface area contributed by atoms with Crippen LogP contribution in [0.15, 0.2) is 54.3 Å². The molecule has 3 heteroatoms. The van der Waals surface area contributed by atoms with E-state index in [9.17, 15) is 9.90 Å². The highest BCUT2D eigenvalue weighted by Gasteiger charge is 2.10. The molecule has 3 nitrogen and oxygen atoms in total. The van der Waals surface area contributed by atoms with E-state index in [-0.39, 0.29) is 5.76 Å². The van der Waals surface area contributed by atoms with E-state index in [0.29, 0.717) is 5.75 Å². The van der Waals surface area contributed by atoms with Crippen LogP contribution in [-0.4, -0.2) is 11.1 Å². The van der Waals surface area contributed by atoms with Crippen LogP contribution in [0, 0.1) is 0 Å². The first kappa shape index (κ1) is 15.8. The summed E-state index contributed by atoms with van der Waals surface area (Å²) in [5, 5.41) is 9.30. The fourth-order valence-electron chi connectivity index (χ4n) is 2.06. The van der Waals surface area contributed by atoms with E-state index >= 15 is 0 Å². The SMILES string of the molecule is CCc1ccc(C=C(Oc2ccc(CC)cc2)C(=O)O)cc1. The van der Waals surface area contributed by atoms with Gasteiger partial charge in [-0.05, 0) is 47.7 Å². The number of rotatable bonds is 6. The van der Waals surface area contributed by atoms with E-state index in [2.05, 4.69) is 13.8 Å². The zero-order valence-corrected chi connectivity index (χ0v) is 12.9. The zero-order chi connectivity index (χ0) is 15.9. The average Bonchev–Trinajstić information content (AvgIpc) is 2.55. The molecule has 0 fully saturated rings. The van der Waals surface area contributed by atoms with Crippen molar-refractivity contribution in [3.8, 4) is 5.75 Å². The standard InChI is InChI=1S/C19H20O3/c1-3-14-5-7-16(8-6-14)13-18(19(20)21)22-17-11-9-15(4-2)10-12-17/h5-13H,3-4H2,1-2H3,(H,20,21). The van der Waals surface area contributed by atoms with Crippen molar-refractivity contribution in [3.05, 3.63) is 71.0 Å². The lowest BCUT2D eigenvalue weighted by Gasteiger charge is -2.07. The van der Waals surface area contributed by atoms with Gasteiger partial charge in [-0.1, -0.05) is 50.2 Å². The normalized spacial score (nSPS) is 11.3. The summed E-state index contributed by atoms with van der Waals surface area (Å²) in [6.45, 7) is 4.15. The summed E-state index contributed by atoms with van der Waals surface area (Å²) in [5.41, 5.74) is 3.20. The van der Waals surface area contributed by atoms with Crippen molar-refractivity contribution >= 4 is 12.0 Å². The van der Waals surface area contributed by atoms with Crippen molar-refractivity contribution < 1.29 is 14.6 Å². The van der Waals surface area contributed by atoms with Gasteiger partial charge in [0.1, 0.15) is 5.75 Å². The lowest BCUT2D eigenvalue weighted by atomic mass is 10.1. The lowest BCUT2D eigenvalue weighted by molar-refractivity contribution is -0.134. The molecule has 0 atom stereocenters. The molecule has 2 aromatic carbocycles. The number of hydrogen-bond acceptors (Lipinski definition) is 2. The van der Waals surface area contributed by atoms with Crippen LogP contribution in [0.2, 0.25) is 0 Å². The number of benzene rings is 2. The van der Waals surface area contributed by atoms with Gasteiger partial charge in [0.25, 0.3) is 0 Å². The fourth-order valence-corrected chi connectivity index (χ4v) is 2.06. The Labute approximate surface area is 130 Å². The average molecular weight is 296 g/mol. The minimum absolute atomic E-state index is 0.0894. The molecular formula is C19H20O3. The maximum absolute atomic E-state index is 11.4. The molecule has 0 saturated carbocycles. The highest BCUT2D eigenvalue weighted by molar-refractivity contribution is 5.90.